The summed E-state index contributed by atoms with van der Waals surface area (Å²) in [6.07, 6.45) is 2.40. The number of anilines is 2. The van der Waals surface area contributed by atoms with Crippen molar-refractivity contribution in [1.29, 1.82) is 0 Å². The van der Waals surface area contributed by atoms with Crippen LogP contribution in [0, 0.1) is 17.7 Å². The van der Waals surface area contributed by atoms with Gasteiger partial charge in [-0.15, -0.1) is 0 Å². The number of hydrogen-bond acceptors (Lipinski definition) is 8. The lowest BCUT2D eigenvalue weighted by Gasteiger charge is -2.21. The number of pyridine rings is 1. The number of rotatable bonds is 6. The Morgan fingerprint density at radius 1 is 1.10 bits per heavy atom. The van der Waals surface area contributed by atoms with Crippen LogP contribution in [-0.4, -0.2) is 31.6 Å². The molecule has 2 aromatic carbocycles. The molecule has 1 atom stereocenters. The maximum Gasteiger partial charge on any atom is 0.267 e. The smallest absolute Gasteiger partial charge is 0.267 e. The standard InChI is InChI=1S/C29H24ClFN8O/c1-17(37-27-22(26(32)35-16-36-27)12-11-20-10-9-19(31)15-34-20)28-38-24-8-4-7-23(30)25(24)29(40)39(28)21-6-3-5-18(13-21)14-33-2/h3-10,13,15-17,33H,14H2,1-2H3,(H3,32,35,36,37). The summed E-state index contributed by atoms with van der Waals surface area (Å²) in [4.78, 5) is 31.1. The highest BCUT2D eigenvalue weighted by Gasteiger charge is 2.21. The van der Waals surface area contributed by atoms with Crippen molar-refractivity contribution in [2.75, 3.05) is 18.1 Å². The van der Waals surface area contributed by atoms with E-state index in [9.17, 15) is 9.18 Å². The summed E-state index contributed by atoms with van der Waals surface area (Å²) in [6, 6.07) is 15.0. The second-order valence-corrected chi connectivity index (χ2v) is 9.31. The van der Waals surface area contributed by atoms with E-state index in [4.69, 9.17) is 22.3 Å². The third-order valence-electron chi connectivity index (χ3n) is 6.08. The number of aromatic nitrogens is 5. The molecule has 3 aromatic heterocycles. The van der Waals surface area contributed by atoms with Gasteiger partial charge in [0.25, 0.3) is 5.56 Å². The molecule has 0 bridgehead atoms. The minimum Gasteiger partial charge on any atom is -0.382 e. The Bertz CT molecular complexity index is 1830. The van der Waals surface area contributed by atoms with E-state index in [0.29, 0.717) is 51.1 Å². The third kappa shape index (κ3) is 5.47. The molecule has 0 spiro atoms. The summed E-state index contributed by atoms with van der Waals surface area (Å²) in [5.74, 6) is 6.24. The highest BCUT2D eigenvalue weighted by Crippen LogP contribution is 2.26. The van der Waals surface area contributed by atoms with Gasteiger partial charge in [-0.25, -0.2) is 24.3 Å². The van der Waals surface area contributed by atoms with Crippen molar-refractivity contribution < 1.29 is 4.39 Å². The van der Waals surface area contributed by atoms with E-state index in [1.54, 1.807) is 22.8 Å². The lowest BCUT2D eigenvalue weighted by atomic mass is 10.1. The topological polar surface area (TPSA) is 124 Å². The van der Waals surface area contributed by atoms with Crippen molar-refractivity contribution in [2.24, 2.45) is 0 Å². The van der Waals surface area contributed by atoms with Gasteiger partial charge in [0.2, 0.25) is 0 Å². The number of nitrogens with two attached hydrogens (primary N) is 1. The van der Waals surface area contributed by atoms with Crippen LogP contribution < -0.4 is 21.9 Å². The Kier molecular flexibility index (Phi) is 7.68. The van der Waals surface area contributed by atoms with Gasteiger partial charge in [-0.05, 0) is 61.9 Å². The number of nitrogens with one attached hydrogen (secondary N) is 2. The Labute approximate surface area is 234 Å². The maximum atomic E-state index is 13.9. The first-order valence-corrected chi connectivity index (χ1v) is 12.7. The van der Waals surface area contributed by atoms with Crippen molar-refractivity contribution in [3.63, 3.8) is 0 Å². The van der Waals surface area contributed by atoms with Crippen LogP contribution in [0.2, 0.25) is 5.02 Å². The van der Waals surface area contributed by atoms with Crippen molar-refractivity contribution in [2.45, 2.75) is 19.5 Å². The molecule has 9 nitrogen and oxygen atoms in total. The van der Waals surface area contributed by atoms with Crippen LogP contribution in [-0.2, 0) is 6.54 Å². The molecule has 0 amide bonds. The molecule has 0 aliphatic heterocycles. The molecular formula is C29H24ClFN8O. The first kappa shape index (κ1) is 26.7. The summed E-state index contributed by atoms with van der Waals surface area (Å²) < 4.78 is 14.8. The van der Waals surface area contributed by atoms with Crippen LogP contribution in [0.3, 0.4) is 0 Å². The lowest BCUT2D eigenvalue weighted by Crippen LogP contribution is -2.28. The second-order valence-electron chi connectivity index (χ2n) is 8.90. The predicted molar refractivity (Wildman–Crippen MR) is 154 cm³/mol. The van der Waals surface area contributed by atoms with Crippen LogP contribution in [0.5, 0.6) is 0 Å². The fourth-order valence-electron chi connectivity index (χ4n) is 4.23. The van der Waals surface area contributed by atoms with Gasteiger partial charge in [0.1, 0.15) is 40.9 Å². The van der Waals surface area contributed by atoms with Crippen molar-refractivity contribution in [3.8, 4) is 17.5 Å². The van der Waals surface area contributed by atoms with E-state index in [0.717, 1.165) is 11.8 Å². The molecule has 200 valence electrons. The molecular weight excluding hydrogens is 531 g/mol. The summed E-state index contributed by atoms with van der Waals surface area (Å²) in [5.41, 5.74) is 8.62. The van der Waals surface area contributed by atoms with Gasteiger partial charge in [-0.1, -0.05) is 35.7 Å². The first-order valence-electron chi connectivity index (χ1n) is 12.3. The minimum atomic E-state index is -0.539. The Morgan fingerprint density at radius 2 is 1.93 bits per heavy atom. The highest BCUT2D eigenvalue weighted by atomic mass is 35.5. The van der Waals surface area contributed by atoms with Crippen molar-refractivity contribution in [3.05, 3.63) is 111 Å². The monoisotopic (exact) mass is 554 g/mol. The minimum absolute atomic E-state index is 0.148. The highest BCUT2D eigenvalue weighted by molar-refractivity contribution is 6.35. The molecule has 0 aliphatic rings. The van der Waals surface area contributed by atoms with Gasteiger partial charge in [0.15, 0.2) is 0 Å². The van der Waals surface area contributed by atoms with E-state index < -0.39 is 11.9 Å². The van der Waals surface area contributed by atoms with Crippen LogP contribution in [0.4, 0.5) is 16.0 Å². The Hall–Kier alpha value is -4.85. The molecule has 3 heterocycles. The summed E-state index contributed by atoms with van der Waals surface area (Å²) >= 11 is 6.45. The molecule has 0 radical (unpaired) electrons. The molecule has 40 heavy (non-hydrogen) atoms. The number of benzene rings is 2. The fraction of sp³-hybridized carbons (Fsp3) is 0.138. The normalized spacial score (nSPS) is 11.6. The van der Waals surface area contributed by atoms with Crippen molar-refractivity contribution >= 4 is 34.1 Å². The Morgan fingerprint density at radius 3 is 2.70 bits per heavy atom. The van der Waals surface area contributed by atoms with Crippen LogP contribution in [0.25, 0.3) is 16.6 Å². The molecule has 11 heteroatoms. The predicted octanol–water partition coefficient (Wildman–Crippen LogP) is 4.24. The average Bonchev–Trinajstić information content (AvgIpc) is 2.94. The Balaban J connectivity index is 1.62. The largest absolute Gasteiger partial charge is 0.382 e. The van der Waals surface area contributed by atoms with Gasteiger partial charge in [0.05, 0.1) is 33.9 Å². The third-order valence-corrected chi connectivity index (χ3v) is 6.40. The van der Waals surface area contributed by atoms with Crippen LogP contribution in [0.15, 0.2) is 71.9 Å². The average molecular weight is 555 g/mol. The molecule has 5 aromatic rings. The van der Waals surface area contributed by atoms with Crippen LogP contribution >= 0.6 is 11.6 Å². The van der Waals surface area contributed by atoms with Gasteiger partial charge >= 0.3 is 0 Å². The second kappa shape index (κ2) is 11.5. The summed E-state index contributed by atoms with van der Waals surface area (Å²) in [5, 5.41) is 7.05. The van der Waals surface area contributed by atoms with E-state index in [1.165, 1.54) is 18.5 Å². The first-order chi connectivity index (χ1) is 19.4. The molecule has 1 unspecified atom stereocenters. The van der Waals surface area contributed by atoms with E-state index >= 15 is 0 Å². The zero-order valence-electron chi connectivity index (χ0n) is 21.6. The zero-order chi connectivity index (χ0) is 28.2. The van der Waals surface area contributed by atoms with E-state index in [1.807, 2.05) is 38.2 Å². The number of nitrogens with zero attached hydrogens (tertiary/aromatic N) is 5. The molecule has 4 N–H and O–H groups in total. The van der Waals surface area contributed by atoms with E-state index in [-0.39, 0.29) is 11.4 Å². The van der Waals surface area contributed by atoms with Gasteiger partial charge in [-0.3, -0.25) is 9.36 Å². The molecule has 0 saturated heterocycles. The SMILES string of the molecule is CNCc1cccc(-n2c(C(C)Nc3ncnc(N)c3C#Cc3ccc(F)cn3)nc3cccc(Cl)c3c2=O)c1. The molecule has 0 fully saturated rings. The summed E-state index contributed by atoms with van der Waals surface area (Å²) in [7, 11) is 1.85. The summed E-state index contributed by atoms with van der Waals surface area (Å²) in [6.45, 7) is 2.47. The fourth-order valence-corrected chi connectivity index (χ4v) is 4.48. The van der Waals surface area contributed by atoms with E-state index in [2.05, 4.69) is 37.4 Å². The number of halogens is 2. The molecule has 0 saturated carbocycles. The van der Waals surface area contributed by atoms with Crippen LogP contribution in [0.1, 0.15) is 35.6 Å². The number of fused-ring (bicyclic) bond motifs is 1. The lowest BCUT2D eigenvalue weighted by molar-refractivity contribution is 0.621. The zero-order valence-corrected chi connectivity index (χ0v) is 22.4. The van der Waals surface area contributed by atoms with Gasteiger partial charge in [-0.2, -0.15) is 0 Å². The quantitative estimate of drug-likeness (QED) is 0.266. The molecule has 0 aliphatic carbocycles. The molecule has 5 rings (SSSR count). The van der Waals surface area contributed by atoms with Gasteiger partial charge < -0.3 is 16.4 Å². The van der Waals surface area contributed by atoms with Gasteiger partial charge in [0, 0.05) is 6.54 Å². The number of nitrogen functional groups attached to an aromatic ring is 1. The maximum absolute atomic E-state index is 13.9. The van der Waals surface area contributed by atoms with Crippen molar-refractivity contribution in [1.82, 2.24) is 29.8 Å². The number of hydrogen-bond donors (Lipinski definition) is 3.